The first-order valence-electron chi connectivity index (χ1n) is 3.33. The Morgan fingerprint density at radius 2 is 1.75 bits per heavy atom. The third-order valence-corrected chi connectivity index (χ3v) is 1.45. The molecule has 12 heavy (non-hydrogen) atoms. The lowest BCUT2D eigenvalue weighted by Gasteiger charge is -2.02. The molecule has 0 bridgehead atoms. The maximum absolute atomic E-state index is 10.3. The molecule has 0 heterocycles. The van der Waals surface area contributed by atoms with Crippen molar-refractivity contribution >= 4 is 5.97 Å². The monoisotopic (exact) mass is 168 g/mol. The average Bonchev–Trinajstić information content (AvgIpc) is 1.97. The first-order valence-corrected chi connectivity index (χ1v) is 3.33. The van der Waals surface area contributed by atoms with Gasteiger partial charge in [-0.1, -0.05) is 6.07 Å². The predicted molar refractivity (Wildman–Crippen MR) is 41.1 cm³/mol. The van der Waals surface area contributed by atoms with E-state index in [-0.39, 0.29) is 23.5 Å². The van der Waals surface area contributed by atoms with E-state index in [0.29, 0.717) is 0 Å². The van der Waals surface area contributed by atoms with E-state index in [1.807, 2.05) is 0 Å². The van der Waals surface area contributed by atoms with Crippen molar-refractivity contribution < 1.29 is 20.1 Å². The molecule has 0 unspecified atom stereocenters. The van der Waals surface area contributed by atoms with Gasteiger partial charge in [0.25, 0.3) is 0 Å². The highest BCUT2D eigenvalue weighted by Gasteiger charge is 2.09. The van der Waals surface area contributed by atoms with Gasteiger partial charge in [0.1, 0.15) is 11.5 Å². The Morgan fingerprint density at radius 3 is 2.17 bits per heavy atom. The van der Waals surface area contributed by atoms with Crippen molar-refractivity contribution in [3.8, 4) is 11.5 Å². The van der Waals surface area contributed by atoms with Crippen LogP contribution in [0, 0.1) is 0 Å². The summed E-state index contributed by atoms with van der Waals surface area (Å²) in [5.41, 5.74) is 0.0463. The molecule has 1 aromatic carbocycles. The quantitative estimate of drug-likeness (QED) is 0.608. The summed E-state index contributed by atoms with van der Waals surface area (Å²) in [6.07, 6.45) is -0.376. The fourth-order valence-corrected chi connectivity index (χ4v) is 0.895. The van der Waals surface area contributed by atoms with Gasteiger partial charge in [-0.05, 0) is 12.1 Å². The lowest BCUT2D eigenvalue weighted by molar-refractivity contribution is -0.136. The van der Waals surface area contributed by atoms with Gasteiger partial charge in [-0.2, -0.15) is 0 Å². The number of carboxylic acids is 1. The Labute approximate surface area is 68.7 Å². The summed E-state index contributed by atoms with van der Waals surface area (Å²) in [7, 11) is 0. The van der Waals surface area contributed by atoms with Crippen molar-refractivity contribution in [2.45, 2.75) is 6.42 Å². The van der Waals surface area contributed by atoms with Crippen LogP contribution in [0.4, 0.5) is 0 Å². The molecule has 0 aliphatic heterocycles. The van der Waals surface area contributed by atoms with Crippen LogP contribution in [0.1, 0.15) is 5.56 Å². The van der Waals surface area contributed by atoms with Crippen LogP contribution in [0.15, 0.2) is 18.2 Å². The number of carbonyl (C=O) groups is 1. The van der Waals surface area contributed by atoms with Crippen molar-refractivity contribution in [1.29, 1.82) is 0 Å². The predicted octanol–water partition coefficient (Wildman–Crippen LogP) is 0.725. The molecular formula is C8H8O4. The van der Waals surface area contributed by atoms with Crippen molar-refractivity contribution in [2.75, 3.05) is 0 Å². The van der Waals surface area contributed by atoms with Crippen LogP contribution in [0.5, 0.6) is 11.5 Å². The first kappa shape index (κ1) is 8.39. The Morgan fingerprint density at radius 1 is 1.25 bits per heavy atom. The van der Waals surface area contributed by atoms with Crippen molar-refractivity contribution in [2.24, 2.45) is 0 Å². The third-order valence-electron chi connectivity index (χ3n) is 1.45. The van der Waals surface area contributed by atoms with Crippen LogP contribution in [0.3, 0.4) is 0 Å². The number of aliphatic carboxylic acids is 1. The van der Waals surface area contributed by atoms with Crippen LogP contribution >= 0.6 is 0 Å². The molecule has 1 rings (SSSR count). The molecule has 0 radical (unpaired) electrons. The number of benzene rings is 1. The molecule has 0 aromatic heterocycles. The number of hydrogen-bond donors (Lipinski definition) is 3. The molecule has 0 aliphatic rings. The van der Waals surface area contributed by atoms with E-state index in [4.69, 9.17) is 15.3 Å². The number of hydrogen-bond acceptors (Lipinski definition) is 3. The molecule has 0 saturated carbocycles. The molecule has 1 aromatic rings. The highest BCUT2D eigenvalue weighted by atomic mass is 16.4. The zero-order valence-electron chi connectivity index (χ0n) is 6.19. The normalized spacial score (nSPS) is 9.67. The average molecular weight is 168 g/mol. The molecule has 0 spiro atoms. The van der Waals surface area contributed by atoms with Gasteiger partial charge in [-0.15, -0.1) is 0 Å². The van der Waals surface area contributed by atoms with Crippen molar-refractivity contribution in [1.82, 2.24) is 0 Å². The zero-order chi connectivity index (χ0) is 9.14. The molecule has 0 saturated heterocycles. The van der Waals surface area contributed by atoms with Gasteiger partial charge >= 0.3 is 5.97 Å². The van der Waals surface area contributed by atoms with Crippen LogP contribution in [0.25, 0.3) is 0 Å². The van der Waals surface area contributed by atoms with Crippen LogP contribution in [0.2, 0.25) is 0 Å². The van der Waals surface area contributed by atoms with Gasteiger partial charge in [0, 0.05) is 5.56 Å². The number of aromatic hydroxyl groups is 2. The lowest BCUT2D eigenvalue weighted by Crippen LogP contribution is -2.00. The Kier molecular flexibility index (Phi) is 2.19. The molecule has 0 atom stereocenters. The molecule has 4 nitrogen and oxygen atoms in total. The molecule has 4 heteroatoms. The number of phenolic OH excluding ortho intramolecular Hbond substituents is 2. The molecule has 3 N–H and O–H groups in total. The van der Waals surface area contributed by atoms with Gasteiger partial charge < -0.3 is 15.3 Å². The second kappa shape index (κ2) is 3.13. The summed E-state index contributed by atoms with van der Waals surface area (Å²) in [6, 6.07) is 4.10. The van der Waals surface area contributed by atoms with Crippen LogP contribution in [-0.4, -0.2) is 21.3 Å². The smallest absolute Gasteiger partial charge is 0.308 e. The van der Waals surface area contributed by atoms with Gasteiger partial charge in [-0.3, -0.25) is 4.79 Å². The summed E-state index contributed by atoms with van der Waals surface area (Å²) in [4.78, 5) is 10.3. The third kappa shape index (κ3) is 1.66. The van der Waals surface area contributed by atoms with E-state index in [0.717, 1.165) is 0 Å². The topological polar surface area (TPSA) is 77.8 Å². The fraction of sp³-hybridized carbons (Fsp3) is 0.125. The maximum Gasteiger partial charge on any atom is 0.308 e. The largest absolute Gasteiger partial charge is 0.508 e. The summed E-state index contributed by atoms with van der Waals surface area (Å²) >= 11 is 0. The van der Waals surface area contributed by atoms with E-state index in [1.54, 1.807) is 0 Å². The van der Waals surface area contributed by atoms with Gasteiger partial charge in [0.05, 0.1) is 6.42 Å². The summed E-state index contributed by atoms with van der Waals surface area (Å²) in [5, 5.41) is 26.6. The minimum Gasteiger partial charge on any atom is -0.508 e. The Bertz CT molecular complexity index is 286. The Hall–Kier alpha value is -1.71. The molecular weight excluding hydrogens is 160 g/mol. The van der Waals surface area contributed by atoms with Gasteiger partial charge in [0.15, 0.2) is 0 Å². The van der Waals surface area contributed by atoms with Crippen LogP contribution < -0.4 is 0 Å². The van der Waals surface area contributed by atoms with E-state index >= 15 is 0 Å². The second-order valence-corrected chi connectivity index (χ2v) is 2.35. The number of carboxylic acid groups (broad SMARTS) is 1. The standard InChI is InChI=1S/C8H8O4/c9-6-2-1-3-7(10)5(6)4-8(11)12/h1-3,9-10H,4H2,(H,11,12). The molecule has 0 amide bonds. The number of phenols is 2. The minimum atomic E-state index is -1.09. The van der Waals surface area contributed by atoms with Crippen molar-refractivity contribution in [3.63, 3.8) is 0 Å². The molecule has 0 fully saturated rings. The molecule has 0 aliphatic carbocycles. The maximum atomic E-state index is 10.3. The fourth-order valence-electron chi connectivity index (χ4n) is 0.895. The van der Waals surface area contributed by atoms with E-state index in [9.17, 15) is 4.79 Å². The van der Waals surface area contributed by atoms with Crippen molar-refractivity contribution in [3.05, 3.63) is 23.8 Å². The first-order chi connectivity index (χ1) is 5.61. The van der Waals surface area contributed by atoms with E-state index in [2.05, 4.69) is 0 Å². The minimum absolute atomic E-state index is 0.0463. The van der Waals surface area contributed by atoms with E-state index < -0.39 is 5.97 Å². The summed E-state index contributed by atoms with van der Waals surface area (Å²) in [6.45, 7) is 0. The van der Waals surface area contributed by atoms with Gasteiger partial charge in [0.2, 0.25) is 0 Å². The highest BCUT2D eigenvalue weighted by molar-refractivity contribution is 5.72. The molecule has 64 valence electrons. The SMILES string of the molecule is O=C(O)Cc1c(O)cccc1O. The zero-order valence-corrected chi connectivity index (χ0v) is 6.19. The van der Waals surface area contributed by atoms with Gasteiger partial charge in [-0.25, -0.2) is 0 Å². The summed E-state index contributed by atoms with van der Waals surface area (Å²) in [5.74, 6) is -1.48. The van der Waals surface area contributed by atoms with Crippen LogP contribution in [-0.2, 0) is 11.2 Å². The lowest BCUT2D eigenvalue weighted by atomic mass is 10.1. The Balaban J connectivity index is 3.04. The highest BCUT2D eigenvalue weighted by Crippen LogP contribution is 2.26. The number of rotatable bonds is 2. The summed E-state index contributed by atoms with van der Waals surface area (Å²) < 4.78 is 0. The van der Waals surface area contributed by atoms with E-state index in [1.165, 1.54) is 18.2 Å². The second-order valence-electron chi connectivity index (χ2n) is 2.35.